The third kappa shape index (κ3) is 3.16. The highest BCUT2D eigenvalue weighted by Crippen LogP contribution is 2.35. The Morgan fingerprint density at radius 3 is 2.73 bits per heavy atom. The van der Waals surface area contributed by atoms with Crippen LogP contribution >= 0.6 is 0 Å². The van der Waals surface area contributed by atoms with Crippen molar-refractivity contribution in [2.24, 2.45) is 11.7 Å². The number of nitrogens with two attached hydrogens (primary N) is 1. The van der Waals surface area contributed by atoms with E-state index in [1.54, 1.807) is 0 Å². The summed E-state index contributed by atoms with van der Waals surface area (Å²) >= 11 is 0. The zero-order valence-electron chi connectivity index (χ0n) is 10.4. The highest BCUT2D eigenvalue weighted by molar-refractivity contribution is 4.96. The summed E-state index contributed by atoms with van der Waals surface area (Å²) in [6, 6.07) is 0.590. The summed E-state index contributed by atoms with van der Waals surface area (Å²) in [6.45, 7) is 5.64. The second kappa shape index (κ2) is 5.28. The van der Waals surface area contributed by atoms with Crippen molar-refractivity contribution in [1.29, 1.82) is 0 Å². The predicted octanol–water partition coefficient (Wildman–Crippen LogP) is 1.21. The molecule has 0 amide bonds. The monoisotopic (exact) mass is 214 g/mol. The summed E-state index contributed by atoms with van der Waals surface area (Å²) < 4.78 is 0. The van der Waals surface area contributed by atoms with E-state index in [0.717, 1.165) is 19.4 Å². The van der Waals surface area contributed by atoms with Crippen LogP contribution in [0, 0.1) is 5.92 Å². The molecule has 0 aromatic heterocycles. The summed E-state index contributed by atoms with van der Waals surface area (Å²) in [4.78, 5) is 2.34. The van der Waals surface area contributed by atoms with Gasteiger partial charge in [-0.05, 0) is 52.6 Å². The Labute approximate surface area is 93.6 Å². The smallest absolute Gasteiger partial charge is 0.0613 e. The second-order valence-electron chi connectivity index (χ2n) is 5.34. The van der Waals surface area contributed by atoms with Crippen molar-refractivity contribution in [3.8, 4) is 0 Å². The molecular formula is C12H26N2O. The van der Waals surface area contributed by atoms with Crippen LogP contribution in [0.25, 0.3) is 0 Å². The third-order valence-corrected chi connectivity index (χ3v) is 4.01. The van der Waals surface area contributed by atoms with E-state index < -0.39 is 0 Å². The first-order valence-corrected chi connectivity index (χ1v) is 6.09. The molecule has 0 spiro atoms. The molecule has 1 rings (SSSR count). The zero-order valence-corrected chi connectivity index (χ0v) is 10.4. The molecule has 2 atom stereocenters. The van der Waals surface area contributed by atoms with E-state index in [1.807, 2.05) is 0 Å². The van der Waals surface area contributed by atoms with E-state index >= 15 is 0 Å². The number of aliphatic hydroxyl groups is 1. The van der Waals surface area contributed by atoms with Crippen molar-refractivity contribution in [3.05, 3.63) is 0 Å². The molecule has 1 saturated carbocycles. The molecule has 0 bridgehead atoms. The average Bonchev–Trinajstić information content (AvgIpc) is 2.57. The lowest BCUT2D eigenvalue weighted by Crippen LogP contribution is -2.47. The van der Waals surface area contributed by atoms with Gasteiger partial charge in [-0.2, -0.15) is 0 Å². The SMILES string of the molecule is CC(C)N(C)CCC1CCCC1(N)CO. The number of hydrogen-bond donors (Lipinski definition) is 2. The van der Waals surface area contributed by atoms with Crippen LogP contribution in [0.2, 0.25) is 0 Å². The van der Waals surface area contributed by atoms with Gasteiger partial charge in [0.1, 0.15) is 0 Å². The molecule has 3 heteroatoms. The number of aliphatic hydroxyl groups excluding tert-OH is 1. The van der Waals surface area contributed by atoms with Crippen LogP contribution in [0.5, 0.6) is 0 Å². The van der Waals surface area contributed by atoms with E-state index in [4.69, 9.17) is 5.73 Å². The fraction of sp³-hybridized carbons (Fsp3) is 1.00. The van der Waals surface area contributed by atoms with Gasteiger partial charge in [0, 0.05) is 11.6 Å². The normalized spacial score (nSPS) is 31.8. The Morgan fingerprint density at radius 1 is 1.53 bits per heavy atom. The summed E-state index contributed by atoms with van der Waals surface area (Å²) in [5.74, 6) is 0.503. The van der Waals surface area contributed by atoms with Gasteiger partial charge in [0.05, 0.1) is 6.61 Å². The van der Waals surface area contributed by atoms with Gasteiger partial charge in [-0.3, -0.25) is 0 Å². The Balaban J connectivity index is 2.38. The minimum atomic E-state index is -0.294. The quantitative estimate of drug-likeness (QED) is 0.723. The van der Waals surface area contributed by atoms with E-state index in [-0.39, 0.29) is 12.1 Å². The molecule has 1 aliphatic carbocycles. The standard InChI is InChI=1S/C12H26N2O/c1-10(2)14(3)8-6-11-5-4-7-12(11,13)9-15/h10-11,15H,4-9,13H2,1-3H3. The minimum Gasteiger partial charge on any atom is -0.394 e. The molecule has 0 radical (unpaired) electrons. The molecule has 2 unspecified atom stereocenters. The van der Waals surface area contributed by atoms with Crippen molar-refractivity contribution in [2.45, 2.75) is 51.1 Å². The maximum absolute atomic E-state index is 9.33. The maximum Gasteiger partial charge on any atom is 0.0613 e. The Kier molecular flexibility index (Phi) is 4.56. The van der Waals surface area contributed by atoms with Gasteiger partial charge in [-0.1, -0.05) is 6.42 Å². The van der Waals surface area contributed by atoms with Crippen LogP contribution in [0.15, 0.2) is 0 Å². The lowest BCUT2D eigenvalue weighted by Gasteiger charge is -2.31. The van der Waals surface area contributed by atoms with Gasteiger partial charge in [0.15, 0.2) is 0 Å². The van der Waals surface area contributed by atoms with Crippen molar-refractivity contribution < 1.29 is 5.11 Å². The Hall–Kier alpha value is -0.120. The minimum absolute atomic E-state index is 0.142. The van der Waals surface area contributed by atoms with Crippen LogP contribution in [0.4, 0.5) is 0 Å². The number of hydrogen-bond acceptors (Lipinski definition) is 3. The summed E-state index contributed by atoms with van der Waals surface area (Å²) in [7, 11) is 2.15. The highest BCUT2D eigenvalue weighted by atomic mass is 16.3. The van der Waals surface area contributed by atoms with E-state index in [0.29, 0.717) is 12.0 Å². The molecule has 0 heterocycles. The fourth-order valence-corrected chi connectivity index (χ4v) is 2.43. The van der Waals surface area contributed by atoms with Gasteiger partial charge < -0.3 is 15.7 Å². The number of rotatable bonds is 5. The lowest BCUT2D eigenvalue weighted by atomic mass is 9.86. The first kappa shape index (κ1) is 12.9. The fourth-order valence-electron chi connectivity index (χ4n) is 2.43. The van der Waals surface area contributed by atoms with Crippen LogP contribution in [-0.2, 0) is 0 Å². The molecule has 3 N–H and O–H groups in total. The summed E-state index contributed by atoms with van der Waals surface area (Å²) in [5, 5.41) is 9.33. The molecular weight excluding hydrogens is 188 g/mol. The lowest BCUT2D eigenvalue weighted by molar-refractivity contribution is 0.143. The van der Waals surface area contributed by atoms with E-state index in [2.05, 4.69) is 25.8 Å². The molecule has 0 aromatic carbocycles. The largest absolute Gasteiger partial charge is 0.394 e. The molecule has 0 saturated heterocycles. The van der Waals surface area contributed by atoms with Gasteiger partial charge in [0.2, 0.25) is 0 Å². The molecule has 1 aliphatic rings. The first-order chi connectivity index (χ1) is 6.99. The molecule has 0 aromatic rings. The Bertz CT molecular complexity index is 196. The van der Waals surface area contributed by atoms with Crippen molar-refractivity contribution in [3.63, 3.8) is 0 Å². The maximum atomic E-state index is 9.33. The number of nitrogens with zero attached hydrogens (tertiary/aromatic N) is 1. The second-order valence-corrected chi connectivity index (χ2v) is 5.34. The van der Waals surface area contributed by atoms with E-state index in [9.17, 15) is 5.11 Å². The van der Waals surface area contributed by atoms with E-state index in [1.165, 1.54) is 12.8 Å². The summed E-state index contributed by atoms with van der Waals surface area (Å²) in [5.41, 5.74) is 5.90. The molecule has 15 heavy (non-hydrogen) atoms. The van der Waals surface area contributed by atoms with Gasteiger partial charge in [-0.25, -0.2) is 0 Å². The molecule has 90 valence electrons. The van der Waals surface area contributed by atoms with Crippen LogP contribution in [0.1, 0.15) is 39.5 Å². The van der Waals surface area contributed by atoms with Crippen LogP contribution in [-0.4, -0.2) is 41.8 Å². The van der Waals surface area contributed by atoms with Crippen molar-refractivity contribution in [1.82, 2.24) is 4.90 Å². The molecule has 3 nitrogen and oxygen atoms in total. The van der Waals surface area contributed by atoms with Gasteiger partial charge in [-0.15, -0.1) is 0 Å². The van der Waals surface area contributed by atoms with Gasteiger partial charge >= 0.3 is 0 Å². The Morgan fingerprint density at radius 2 is 2.20 bits per heavy atom. The highest BCUT2D eigenvalue weighted by Gasteiger charge is 2.38. The zero-order chi connectivity index (χ0) is 11.5. The van der Waals surface area contributed by atoms with Crippen molar-refractivity contribution >= 4 is 0 Å². The van der Waals surface area contributed by atoms with Crippen LogP contribution in [0.3, 0.4) is 0 Å². The first-order valence-electron chi connectivity index (χ1n) is 6.09. The average molecular weight is 214 g/mol. The topological polar surface area (TPSA) is 49.5 Å². The third-order valence-electron chi connectivity index (χ3n) is 4.01. The van der Waals surface area contributed by atoms with Gasteiger partial charge in [0.25, 0.3) is 0 Å². The van der Waals surface area contributed by atoms with Crippen LogP contribution < -0.4 is 5.73 Å². The molecule has 0 aliphatic heterocycles. The van der Waals surface area contributed by atoms with Crippen molar-refractivity contribution in [2.75, 3.05) is 20.2 Å². The molecule has 1 fully saturated rings. The summed E-state index contributed by atoms with van der Waals surface area (Å²) in [6.07, 6.45) is 4.46. The predicted molar refractivity (Wildman–Crippen MR) is 63.7 cm³/mol.